The first kappa shape index (κ1) is 27.8. The van der Waals surface area contributed by atoms with E-state index in [9.17, 15) is 4.79 Å². The quantitative estimate of drug-likeness (QED) is 0.265. The summed E-state index contributed by atoms with van der Waals surface area (Å²) in [5.41, 5.74) is 2.70. The van der Waals surface area contributed by atoms with E-state index in [0.29, 0.717) is 35.2 Å². The van der Waals surface area contributed by atoms with Gasteiger partial charge in [-0.1, -0.05) is 75.7 Å². The first-order valence-corrected chi connectivity index (χ1v) is 13.4. The molecule has 36 heavy (non-hydrogen) atoms. The summed E-state index contributed by atoms with van der Waals surface area (Å²) in [5.74, 6) is 1.71. The number of rotatable bonds is 13. The number of nitrogens with one attached hydrogen (secondary N) is 1. The van der Waals surface area contributed by atoms with Crippen molar-refractivity contribution in [2.75, 3.05) is 12.9 Å². The number of nitrogens with zero attached hydrogens (tertiary/aromatic N) is 2. The molecule has 0 aliphatic rings. The van der Waals surface area contributed by atoms with E-state index in [4.69, 9.17) is 9.72 Å². The van der Waals surface area contributed by atoms with Gasteiger partial charge in [0.1, 0.15) is 17.3 Å². The van der Waals surface area contributed by atoms with Crippen LogP contribution in [0.25, 0.3) is 11.1 Å². The number of aromatic nitrogens is 2. The Morgan fingerprint density at radius 1 is 1.17 bits per heavy atom. The molecule has 1 atom stereocenters. The summed E-state index contributed by atoms with van der Waals surface area (Å²) in [6, 6.07) is 15.0. The molecular weight excluding hydrogens is 473 g/mol. The molecule has 0 saturated heterocycles. The Hall–Kier alpha value is -2.80. The maximum atomic E-state index is 15.7. The number of halogens is 1. The van der Waals surface area contributed by atoms with E-state index in [1.807, 2.05) is 41.0 Å². The van der Waals surface area contributed by atoms with Gasteiger partial charge >= 0.3 is 0 Å². The second-order valence-corrected chi connectivity index (χ2v) is 9.91. The topological polar surface area (TPSA) is 56.1 Å². The van der Waals surface area contributed by atoms with E-state index >= 15 is 4.39 Å². The van der Waals surface area contributed by atoms with Crippen molar-refractivity contribution in [3.8, 4) is 17.0 Å². The van der Waals surface area contributed by atoms with E-state index < -0.39 is 0 Å². The van der Waals surface area contributed by atoms with Crippen LogP contribution in [0.1, 0.15) is 57.1 Å². The van der Waals surface area contributed by atoms with Gasteiger partial charge in [0.05, 0.1) is 20.2 Å². The highest BCUT2D eigenvalue weighted by molar-refractivity contribution is 7.80. The van der Waals surface area contributed by atoms with Crippen molar-refractivity contribution in [1.29, 1.82) is 0 Å². The number of ether oxygens (including phenoxy) is 1. The predicted molar refractivity (Wildman–Crippen MR) is 147 cm³/mol. The highest BCUT2D eigenvalue weighted by Crippen LogP contribution is 2.28. The summed E-state index contributed by atoms with van der Waals surface area (Å²) in [6.07, 6.45) is 3.48. The number of aryl methyl sites for hydroxylation is 1. The number of imidazole rings is 1. The second kappa shape index (κ2) is 13.5. The lowest BCUT2D eigenvalue weighted by molar-refractivity contribution is -0.124. The Labute approximate surface area is 219 Å². The van der Waals surface area contributed by atoms with Crippen LogP contribution in [-0.4, -0.2) is 28.3 Å². The minimum absolute atomic E-state index is 0.0409. The second-order valence-electron chi connectivity index (χ2n) is 9.55. The van der Waals surface area contributed by atoms with Crippen molar-refractivity contribution < 1.29 is 13.9 Å². The Morgan fingerprint density at radius 3 is 2.56 bits per heavy atom. The van der Waals surface area contributed by atoms with Gasteiger partial charge in [-0.25, -0.2) is 4.39 Å². The average molecular weight is 512 g/mol. The van der Waals surface area contributed by atoms with Crippen molar-refractivity contribution in [3.63, 3.8) is 0 Å². The molecule has 1 aromatic heterocycles. The lowest BCUT2D eigenvalue weighted by Crippen LogP contribution is -2.33. The van der Waals surface area contributed by atoms with Crippen LogP contribution in [0, 0.1) is 17.7 Å². The minimum atomic E-state index is -0.250. The number of amides is 1. The Bertz CT molecular complexity index is 1130. The molecule has 7 heteroatoms. The van der Waals surface area contributed by atoms with Crippen LogP contribution in [0.3, 0.4) is 0 Å². The van der Waals surface area contributed by atoms with Crippen LogP contribution in [0.4, 0.5) is 4.39 Å². The first-order chi connectivity index (χ1) is 17.4. The summed E-state index contributed by atoms with van der Waals surface area (Å²) in [4.78, 5) is 17.6. The summed E-state index contributed by atoms with van der Waals surface area (Å²) in [5, 5.41) is 3.06. The van der Waals surface area contributed by atoms with Gasteiger partial charge in [-0.15, -0.1) is 0 Å². The van der Waals surface area contributed by atoms with Gasteiger partial charge in [0, 0.05) is 29.2 Å². The van der Waals surface area contributed by atoms with Gasteiger partial charge in [0.15, 0.2) is 0 Å². The predicted octanol–water partition coefficient (Wildman–Crippen LogP) is 6.30. The summed E-state index contributed by atoms with van der Waals surface area (Å²) >= 11 is 4.38. The molecule has 3 rings (SSSR count). The zero-order valence-electron chi connectivity index (χ0n) is 21.8. The number of methoxy groups -OCH3 is 1. The fourth-order valence-electron chi connectivity index (χ4n) is 4.42. The number of hydrogen-bond acceptors (Lipinski definition) is 4. The molecule has 1 heterocycles. The van der Waals surface area contributed by atoms with Gasteiger partial charge in [0.25, 0.3) is 0 Å². The maximum Gasteiger partial charge on any atom is 0.236 e. The number of unbranched alkanes of at least 4 members (excludes halogenated alkanes) is 1. The fourth-order valence-corrected chi connectivity index (χ4v) is 4.74. The number of carbonyl (C=O) groups excluding carboxylic acids is 1. The SMILES string of the molecule is CCCCc1nc(OC)c(CNC(=O)[C@@H](CS)CC(C)C)n1Cc1cccc(-c2ccccc2)c1F. The molecule has 0 bridgehead atoms. The molecule has 0 aliphatic heterocycles. The monoisotopic (exact) mass is 511 g/mol. The largest absolute Gasteiger partial charge is 0.480 e. The Kier molecular flexibility index (Phi) is 10.4. The minimum Gasteiger partial charge on any atom is -0.480 e. The third-order valence-corrected chi connectivity index (χ3v) is 6.77. The van der Waals surface area contributed by atoms with Gasteiger partial charge < -0.3 is 14.6 Å². The number of thiol groups is 1. The highest BCUT2D eigenvalue weighted by atomic mass is 32.1. The molecule has 0 fully saturated rings. The van der Waals surface area contributed by atoms with Crippen molar-refractivity contribution in [1.82, 2.24) is 14.9 Å². The molecule has 0 saturated carbocycles. The summed E-state index contributed by atoms with van der Waals surface area (Å²) < 4.78 is 23.3. The molecule has 0 unspecified atom stereocenters. The molecule has 1 N–H and O–H groups in total. The van der Waals surface area contributed by atoms with Crippen LogP contribution < -0.4 is 10.1 Å². The van der Waals surface area contributed by atoms with E-state index in [0.717, 1.165) is 42.8 Å². The number of benzene rings is 2. The Morgan fingerprint density at radius 2 is 1.92 bits per heavy atom. The van der Waals surface area contributed by atoms with Crippen molar-refractivity contribution in [2.45, 2.75) is 59.5 Å². The lowest BCUT2D eigenvalue weighted by Gasteiger charge is -2.18. The smallest absolute Gasteiger partial charge is 0.236 e. The first-order valence-electron chi connectivity index (χ1n) is 12.7. The third-order valence-electron chi connectivity index (χ3n) is 6.33. The number of hydrogen-bond donors (Lipinski definition) is 2. The average Bonchev–Trinajstić information content (AvgIpc) is 3.22. The van der Waals surface area contributed by atoms with Crippen LogP contribution in [0.15, 0.2) is 48.5 Å². The summed E-state index contributed by atoms with van der Waals surface area (Å²) in [7, 11) is 1.58. The van der Waals surface area contributed by atoms with Crippen LogP contribution in [0.2, 0.25) is 0 Å². The molecule has 0 radical (unpaired) electrons. The van der Waals surface area contributed by atoms with Gasteiger partial charge in [0.2, 0.25) is 11.8 Å². The molecule has 194 valence electrons. The van der Waals surface area contributed by atoms with Crippen LogP contribution in [0.5, 0.6) is 5.88 Å². The molecule has 2 aromatic carbocycles. The van der Waals surface area contributed by atoms with Crippen LogP contribution >= 0.6 is 12.6 Å². The van der Waals surface area contributed by atoms with Gasteiger partial charge in [-0.3, -0.25) is 4.79 Å². The highest BCUT2D eigenvalue weighted by Gasteiger charge is 2.23. The standard InChI is InChI=1S/C29H38FN3O2S/c1-5-6-15-26-32-29(35-4)25(17-31-28(34)23(19-36)16-20(2)3)33(26)18-22-13-10-14-24(27(22)30)21-11-8-7-9-12-21/h7-14,20,23,36H,5-6,15-19H2,1-4H3,(H,31,34)/t23-/m1/s1. The molecule has 1 amide bonds. The zero-order valence-corrected chi connectivity index (χ0v) is 22.7. The Balaban J connectivity index is 1.95. The van der Waals surface area contributed by atoms with E-state index in [1.165, 1.54) is 0 Å². The fraction of sp³-hybridized carbons (Fsp3) is 0.448. The number of carbonyl (C=O) groups is 1. The van der Waals surface area contributed by atoms with E-state index in [1.54, 1.807) is 19.2 Å². The molecular formula is C29H38FN3O2S. The molecule has 5 nitrogen and oxygen atoms in total. The van der Waals surface area contributed by atoms with Crippen LogP contribution in [-0.2, 0) is 24.3 Å². The third kappa shape index (κ3) is 6.90. The molecule has 3 aromatic rings. The van der Waals surface area contributed by atoms with Gasteiger partial charge in [-0.05, 0) is 24.3 Å². The van der Waals surface area contributed by atoms with Crippen molar-refractivity contribution >= 4 is 18.5 Å². The normalized spacial score (nSPS) is 12.1. The maximum absolute atomic E-state index is 15.7. The van der Waals surface area contributed by atoms with E-state index in [2.05, 4.69) is 38.7 Å². The lowest BCUT2D eigenvalue weighted by atomic mass is 9.98. The van der Waals surface area contributed by atoms with Gasteiger partial charge in [-0.2, -0.15) is 17.6 Å². The van der Waals surface area contributed by atoms with Crippen molar-refractivity contribution in [3.05, 3.63) is 71.4 Å². The molecule has 0 aliphatic carbocycles. The molecule has 0 spiro atoms. The van der Waals surface area contributed by atoms with Crippen molar-refractivity contribution in [2.24, 2.45) is 11.8 Å². The zero-order chi connectivity index (χ0) is 26.1. The summed E-state index contributed by atoms with van der Waals surface area (Å²) in [6.45, 7) is 6.87. The van der Waals surface area contributed by atoms with E-state index in [-0.39, 0.29) is 24.2 Å².